The lowest BCUT2D eigenvalue weighted by molar-refractivity contribution is -0.120. The van der Waals surface area contributed by atoms with Gasteiger partial charge in [0.1, 0.15) is 0 Å². The van der Waals surface area contributed by atoms with E-state index in [1.54, 1.807) is 12.1 Å². The number of carbonyl (C=O) groups is 2. The average Bonchev–Trinajstić information content (AvgIpc) is 2.73. The molecule has 1 saturated heterocycles. The largest absolute Gasteiger partial charge is 0.338 e. The minimum Gasteiger partial charge on any atom is -0.338 e. The number of benzene rings is 1. The molecule has 0 radical (unpaired) electrons. The van der Waals surface area contributed by atoms with Gasteiger partial charge in [0.15, 0.2) is 0 Å². The van der Waals surface area contributed by atoms with Gasteiger partial charge in [-0.05, 0) is 55.7 Å². The van der Waals surface area contributed by atoms with E-state index >= 15 is 0 Å². The quantitative estimate of drug-likeness (QED) is 0.724. The van der Waals surface area contributed by atoms with Crippen LogP contribution in [0.1, 0.15) is 74.6 Å². The molecule has 0 spiro atoms. The molecule has 0 unspecified atom stereocenters. The van der Waals surface area contributed by atoms with E-state index < -0.39 is 0 Å². The minimum absolute atomic E-state index is 0.0270. The molecule has 28 heavy (non-hydrogen) atoms. The minimum atomic E-state index is 0.0270. The lowest BCUT2D eigenvalue weighted by atomic mass is 9.75. The molecule has 0 bridgehead atoms. The van der Waals surface area contributed by atoms with Gasteiger partial charge in [0.05, 0.1) is 10.6 Å². The monoisotopic (exact) mass is 402 g/mol. The highest BCUT2D eigenvalue weighted by atomic mass is 35.5. The van der Waals surface area contributed by atoms with Crippen LogP contribution in [0.5, 0.6) is 0 Å². The Morgan fingerprint density at radius 3 is 2.39 bits per heavy atom. The zero-order valence-corrected chi connectivity index (χ0v) is 17.3. The zero-order valence-electron chi connectivity index (χ0n) is 16.6. The number of nitrogens with one attached hydrogen (secondary N) is 1. The second-order valence-corrected chi connectivity index (χ2v) is 9.27. The van der Waals surface area contributed by atoms with E-state index in [9.17, 15) is 9.59 Å². The molecule has 2 saturated carbocycles. The van der Waals surface area contributed by atoms with Crippen LogP contribution in [0.4, 0.5) is 5.69 Å². The van der Waals surface area contributed by atoms with Crippen molar-refractivity contribution in [1.82, 2.24) is 4.90 Å². The fourth-order valence-electron chi connectivity index (χ4n) is 5.33. The molecule has 152 valence electrons. The third-order valence-electron chi connectivity index (χ3n) is 7.02. The summed E-state index contributed by atoms with van der Waals surface area (Å²) in [6, 6.07) is 5.31. The summed E-state index contributed by atoms with van der Waals surface area (Å²) in [5.41, 5.74) is 1.23. The molecule has 4 rings (SSSR count). The molecule has 2 atom stereocenters. The Kier molecular flexibility index (Phi) is 6.25. The van der Waals surface area contributed by atoms with Crippen LogP contribution in [0.3, 0.4) is 0 Å². The van der Waals surface area contributed by atoms with Crippen LogP contribution in [0.25, 0.3) is 0 Å². The van der Waals surface area contributed by atoms with Crippen molar-refractivity contribution in [1.29, 1.82) is 0 Å². The molecule has 1 aromatic carbocycles. The number of nitrogens with zero attached hydrogens (tertiary/aromatic N) is 1. The van der Waals surface area contributed by atoms with Crippen LogP contribution in [-0.4, -0.2) is 29.8 Å². The van der Waals surface area contributed by atoms with Crippen LogP contribution in [0.15, 0.2) is 18.2 Å². The van der Waals surface area contributed by atoms with E-state index in [4.69, 9.17) is 11.6 Å². The van der Waals surface area contributed by atoms with Crippen LogP contribution < -0.4 is 5.32 Å². The van der Waals surface area contributed by atoms with Crippen molar-refractivity contribution >= 4 is 29.1 Å². The summed E-state index contributed by atoms with van der Waals surface area (Å²) < 4.78 is 0. The third kappa shape index (κ3) is 4.37. The Bertz CT molecular complexity index is 729. The number of hydrogen-bond donors (Lipinski definition) is 1. The SMILES string of the molecule is O=C(Nc1ccc(C(=O)N2CC[C@H]3CCCC[C@H]3C2)c(Cl)c1)C1CCCCC1. The fraction of sp³-hybridized carbons (Fsp3) is 0.652. The first-order valence-electron chi connectivity index (χ1n) is 11.0. The Morgan fingerprint density at radius 2 is 1.64 bits per heavy atom. The van der Waals surface area contributed by atoms with Gasteiger partial charge in [-0.25, -0.2) is 0 Å². The average molecular weight is 403 g/mol. The highest BCUT2D eigenvalue weighted by Gasteiger charge is 2.33. The Morgan fingerprint density at radius 1 is 0.929 bits per heavy atom. The van der Waals surface area contributed by atoms with Gasteiger partial charge in [-0.2, -0.15) is 0 Å². The summed E-state index contributed by atoms with van der Waals surface area (Å²) in [7, 11) is 0. The van der Waals surface area contributed by atoms with Gasteiger partial charge in [0, 0.05) is 24.7 Å². The molecule has 5 heteroatoms. The van der Waals surface area contributed by atoms with Crippen molar-refractivity contribution in [2.45, 2.75) is 64.2 Å². The van der Waals surface area contributed by atoms with Gasteiger partial charge in [0.25, 0.3) is 5.91 Å². The zero-order chi connectivity index (χ0) is 19.5. The summed E-state index contributed by atoms with van der Waals surface area (Å²) in [6.45, 7) is 1.69. The predicted molar refractivity (Wildman–Crippen MR) is 113 cm³/mol. The number of likely N-dealkylation sites (tertiary alicyclic amines) is 1. The smallest absolute Gasteiger partial charge is 0.255 e. The van der Waals surface area contributed by atoms with Crippen LogP contribution >= 0.6 is 11.6 Å². The molecule has 3 fully saturated rings. The molecule has 4 nitrogen and oxygen atoms in total. The van der Waals surface area contributed by atoms with Crippen molar-refractivity contribution in [2.24, 2.45) is 17.8 Å². The summed E-state index contributed by atoms with van der Waals surface area (Å²) in [4.78, 5) is 27.5. The lowest BCUT2D eigenvalue weighted by Gasteiger charge is -2.41. The van der Waals surface area contributed by atoms with Gasteiger partial charge in [0.2, 0.25) is 5.91 Å². The number of anilines is 1. The topological polar surface area (TPSA) is 49.4 Å². The number of piperidine rings is 1. The molecule has 2 amide bonds. The standard InChI is InChI=1S/C23H31ClN2O2/c24-21-14-19(25-22(27)17-7-2-1-3-8-17)10-11-20(21)23(28)26-13-12-16-6-4-5-9-18(16)15-26/h10-11,14,16-18H,1-9,12-13,15H2,(H,25,27)/t16-,18+/m1/s1. The first-order chi connectivity index (χ1) is 13.6. The second-order valence-electron chi connectivity index (χ2n) is 8.86. The highest BCUT2D eigenvalue weighted by molar-refractivity contribution is 6.34. The van der Waals surface area contributed by atoms with Crippen LogP contribution in [0, 0.1) is 17.8 Å². The van der Waals surface area contributed by atoms with Crippen molar-refractivity contribution in [3.8, 4) is 0 Å². The molecule has 3 aliphatic rings. The normalized spacial score (nSPS) is 25.8. The van der Waals surface area contributed by atoms with E-state index in [-0.39, 0.29) is 17.7 Å². The maximum atomic E-state index is 13.0. The van der Waals surface area contributed by atoms with Gasteiger partial charge in [-0.3, -0.25) is 9.59 Å². The summed E-state index contributed by atoms with van der Waals surface area (Å²) in [5.74, 6) is 1.66. The maximum absolute atomic E-state index is 13.0. The summed E-state index contributed by atoms with van der Waals surface area (Å²) in [5, 5.41) is 3.42. The number of fused-ring (bicyclic) bond motifs is 1. The fourth-order valence-corrected chi connectivity index (χ4v) is 5.59. The van der Waals surface area contributed by atoms with Crippen LogP contribution in [-0.2, 0) is 4.79 Å². The van der Waals surface area contributed by atoms with Crippen molar-refractivity contribution in [3.05, 3.63) is 28.8 Å². The number of halogens is 1. The molecule has 2 aliphatic carbocycles. The number of rotatable bonds is 3. The summed E-state index contributed by atoms with van der Waals surface area (Å²) in [6.07, 6.45) is 11.7. The third-order valence-corrected chi connectivity index (χ3v) is 7.33. The lowest BCUT2D eigenvalue weighted by Crippen LogP contribution is -2.44. The highest BCUT2D eigenvalue weighted by Crippen LogP contribution is 2.37. The van der Waals surface area contributed by atoms with Gasteiger partial charge in [-0.15, -0.1) is 0 Å². The molecule has 1 heterocycles. The van der Waals surface area contributed by atoms with Crippen molar-refractivity contribution in [3.63, 3.8) is 0 Å². The van der Waals surface area contributed by atoms with E-state index in [1.165, 1.54) is 32.1 Å². The first kappa shape index (κ1) is 19.8. The molecular formula is C23H31ClN2O2. The molecule has 0 aromatic heterocycles. The van der Waals surface area contributed by atoms with Crippen molar-refractivity contribution < 1.29 is 9.59 Å². The molecule has 1 aliphatic heterocycles. The number of carbonyl (C=O) groups excluding carboxylic acids is 2. The Hall–Kier alpha value is -1.55. The first-order valence-corrected chi connectivity index (χ1v) is 11.4. The van der Waals surface area contributed by atoms with E-state index in [2.05, 4.69) is 5.32 Å². The van der Waals surface area contributed by atoms with Crippen LogP contribution in [0.2, 0.25) is 5.02 Å². The number of amides is 2. The predicted octanol–water partition coefficient (Wildman–Crippen LogP) is 5.51. The molecule has 1 aromatic rings. The van der Waals surface area contributed by atoms with E-state index in [1.807, 2.05) is 11.0 Å². The summed E-state index contributed by atoms with van der Waals surface area (Å²) >= 11 is 6.45. The van der Waals surface area contributed by atoms with E-state index in [0.717, 1.165) is 51.1 Å². The molecule has 1 N–H and O–H groups in total. The maximum Gasteiger partial charge on any atom is 0.255 e. The van der Waals surface area contributed by atoms with E-state index in [0.29, 0.717) is 22.2 Å². The number of hydrogen-bond acceptors (Lipinski definition) is 2. The van der Waals surface area contributed by atoms with Crippen molar-refractivity contribution in [2.75, 3.05) is 18.4 Å². The molecular weight excluding hydrogens is 372 g/mol. The van der Waals surface area contributed by atoms with Gasteiger partial charge in [-0.1, -0.05) is 50.1 Å². The second kappa shape index (κ2) is 8.86. The Balaban J connectivity index is 1.39. The Labute approximate surface area is 173 Å². The van der Waals surface area contributed by atoms with Gasteiger partial charge >= 0.3 is 0 Å². The van der Waals surface area contributed by atoms with Gasteiger partial charge < -0.3 is 10.2 Å².